The van der Waals surface area contributed by atoms with Crippen molar-refractivity contribution in [3.63, 3.8) is 0 Å². The summed E-state index contributed by atoms with van der Waals surface area (Å²) in [5.74, 6) is -0.410. The molecule has 1 fully saturated rings. The lowest BCUT2D eigenvalue weighted by molar-refractivity contribution is -0.252. The second-order valence-electron chi connectivity index (χ2n) is 5.06. The predicted molar refractivity (Wildman–Crippen MR) is 65.4 cm³/mol. The number of thioether (sulfide) groups is 1. The van der Waals surface area contributed by atoms with Crippen LogP contribution in [0.4, 0.5) is 0 Å². The fourth-order valence-corrected chi connectivity index (χ4v) is 1.50. The molecule has 0 amide bonds. The van der Waals surface area contributed by atoms with Crippen molar-refractivity contribution in [2.24, 2.45) is 0 Å². The third-order valence-electron chi connectivity index (χ3n) is 2.63. The van der Waals surface area contributed by atoms with E-state index in [1.807, 2.05) is 25.6 Å². The Labute approximate surface area is 97.3 Å². The van der Waals surface area contributed by atoms with Crippen molar-refractivity contribution in [2.75, 3.05) is 26.0 Å². The smallest absolute Gasteiger partial charge is 0.162 e. The normalized spacial score (nSPS) is 23.0. The summed E-state index contributed by atoms with van der Waals surface area (Å²) < 4.78 is 11.4. The van der Waals surface area contributed by atoms with Gasteiger partial charge in [-0.05, 0) is 34.0 Å². The number of hydrogen-bond donors (Lipinski definition) is 1. The van der Waals surface area contributed by atoms with Crippen LogP contribution in [0.1, 0.15) is 27.7 Å². The van der Waals surface area contributed by atoms with Crippen LogP contribution in [0.3, 0.4) is 0 Å². The molecule has 1 N–H and O–H groups in total. The Morgan fingerprint density at radius 3 is 2.33 bits per heavy atom. The van der Waals surface area contributed by atoms with Crippen LogP contribution >= 0.6 is 11.8 Å². The van der Waals surface area contributed by atoms with Gasteiger partial charge in [-0.3, -0.25) is 0 Å². The number of hydrogen-bond acceptors (Lipinski definition) is 4. The minimum atomic E-state index is -0.410. The molecule has 0 atom stereocenters. The van der Waals surface area contributed by atoms with E-state index in [9.17, 15) is 0 Å². The van der Waals surface area contributed by atoms with Crippen LogP contribution in [-0.2, 0) is 9.47 Å². The van der Waals surface area contributed by atoms with E-state index < -0.39 is 5.79 Å². The van der Waals surface area contributed by atoms with Crippen molar-refractivity contribution in [1.29, 1.82) is 0 Å². The molecule has 0 aromatic rings. The quantitative estimate of drug-likeness (QED) is 0.803. The Morgan fingerprint density at radius 1 is 1.33 bits per heavy atom. The first-order valence-corrected chi connectivity index (χ1v) is 6.63. The van der Waals surface area contributed by atoms with Gasteiger partial charge in [-0.15, -0.1) is 0 Å². The zero-order valence-corrected chi connectivity index (χ0v) is 11.2. The molecule has 0 saturated carbocycles. The number of rotatable bonds is 4. The fraction of sp³-hybridized carbons (Fsp3) is 1.00. The first-order chi connectivity index (χ1) is 6.85. The van der Waals surface area contributed by atoms with E-state index in [-0.39, 0.29) is 4.75 Å². The van der Waals surface area contributed by atoms with Crippen molar-refractivity contribution in [3.05, 3.63) is 0 Å². The zero-order valence-electron chi connectivity index (χ0n) is 10.4. The molecule has 0 aromatic carbocycles. The lowest BCUT2D eigenvalue weighted by Crippen LogP contribution is -2.50. The van der Waals surface area contributed by atoms with Crippen LogP contribution in [0.2, 0.25) is 0 Å². The van der Waals surface area contributed by atoms with Gasteiger partial charge in [-0.1, -0.05) is 0 Å². The molecule has 0 radical (unpaired) electrons. The molecule has 1 saturated heterocycles. The minimum Gasteiger partial charge on any atom is -0.349 e. The molecule has 0 unspecified atom stereocenters. The third kappa shape index (κ3) is 4.72. The first-order valence-electron chi connectivity index (χ1n) is 5.41. The molecule has 0 aromatic heterocycles. The highest BCUT2D eigenvalue weighted by atomic mass is 32.2. The van der Waals surface area contributed by atoms with Crippen molar-refractivity contribution < 1.29 is 9.47 Å². The van der Waals surface area contributed by atoms with Gasteiger partial charge in [0.1, 0.15) is 0 Å². The Morgan fingerprint density at radius 2 is 1.87 bits per heavy atom. The molecular formula is C11H23NO2S. The van der Waals surface area contributed by atoms with Gasteiger partial charge in [-0.25, -0.2) is 0 Å². The molecule has 15 heavy (non-hydrogen) atoms. The van der Waals surface area contributed by atoms with E-state index in [4.69, 9.17) is 9.47 Å². The maximum atomic E-state index is 5.59. The Hall–Kier alpha value is 0.230. The Bertz CT molecular complexity index is 197. The molecule has 1 heterocycles. The summed E-state index contributed by atoms with van der Waals surface area (Å²) in [6.07, 6.45) is 2.14. The summed E-state index contributed by atoms with van der Waals surface area (Å²) in [5.41, 5.74) is 0. The summed E-state index contributed by atoms with van der Waals surface area (Å²) >= 11 is 1.87. The van der Waals surface area contributed by atoms with E-state index in [1.54, 1.807) is 0 Å². The topological polar surface area (TPSA) is 30.5 Å². The highest BCUT2D eigenvalue weighted by Crippen LogP contribution is 2.21. The summed E-state index contributed by atoms with van der Waals surface area (Å²) in [6.45, 7) is 10.8. The monoisotopic (exact) mass is 233 g/mol. The van der Waals surface area contributed by atoms with E-state index in [0.29, 0.717) is 6.04 Å². The average Bonchev–Trinajstić information content (AvgIpc) is 2.16. The maximum Gasteiger partial charge on any atom is 0.162 e. The number of ether oxygens (including phenoxy) is 2. The van der Waals surface area contributed by atoms with Gasteiger partial charge in [-0.2, -0.15) is 11.8 Å². The third-order valence-corrected chi connectivity index (χ3v) is 3.88. The molecule has 4 heteroatoms. The Kier molecular flexibility index (Phi) is 4.47. The summed E-state index contributed by atoms with van der Waals surface area (Å²) in [6, 6.07) is 0.324. The van der Waals surface area contributed by atoms with E-state index in [2.05, 4.69) is 25.4 Å². The van der Waals surface area contributed by atoms with Gasteiger partial charge in [0.05, 0.1) is 19.3 Å². The molecule has 0 bridgehead atoms. The largest absolute Gasteiger partial charge is 0.349 e. The van der Waals surface area contributed by atoms with Gasteiger partial charge in [0.2, 0.25) is 0 Å². The second kappa shape index (κ2) is 5.04. The molecule has 0 spiro atoms. The van der Waals surface area contributed by atoms with Gasteiger partial charge in [0, 0.05) is 11.3 Å². The van der Waals surface area contributed by atoms with Crippen molar-refractivity contribution in [1.82, 2.24) is 5.32 Å². The van der Waals surface area contributed by atoms with Crippen molar-refractivity contribution in [2.45, 2.75) is 44.3 Å². The molecular weight excluding hydrogens is 210 g/mol. The maximum absolute atomic E-state index is 5.59. The highest BCUT2D eigenvalue weighted by molar-refractivity contribution is 7.99. The van der Waals surface area contributed by atoms with Gasteiger partial charge in [0.25, 0.3) is 0 Å². The number of nitrogens with one attached hydrogen (secondary N) is 1. The molecule has 90 valence electrons. The van der Waals surface area contributed by atoms with Crippen LogP contribution in [0, 0.1) is 0 Å². The van der Waals surface area contributed by atoms with Crippen molar-refractivity contribution in [3.8, 4) is 0 Å². The second-order valence-corrected chi connectivity index (χ2v) is 6.58. The predicted octanol–water partition coefficient (Wildman–Crippen LogP) is 1.87. The summed E-state index contributed by atoms with van der Waals surface area (Å²) in [4.78, 5) is 0. The summed E-state index contributed by atoms with van der Waals surface area (Å²) in [7, 11) is 0. The van der Waals surface area contributed by atoms with Gasteiger partial charge in [0.15, 0.2) is 5.79 Å². The first kappa shape index (κ1) is 13.3. The molecule has 1 aliphatic heterocycles. The molecule has 0 aliphatic carbocycles. The molecule has 1 rings (SSSR count). The van der Waals surface area contributed by atoms with E-state index >= 15 is 0 Å². The fourth-order valence-electron chi connectivity index (χ4n) is 1.27. The van der Waals surface area contributed by atoms with Crippen LogP contribution in [0.5, 0.6) is 0 Å². The lowest BCUT2D eigenvalue weighted by Gasteiger charge is -2.36. The van der Waals surface area contributed by atoms with Crippen LogP contribution < -0.4 is 5.32 Å². The van der Waals surface area contributed by atoms with Crippen LogP contribution in [0.15, 0.2) is 0 Å². The molecule has 1 aliphatic rings. The SMILES string of the molecule is CSC(C)(C)CNC1COC(C)(C)OC1. The zero-order chi connectivity index (χ0) is 11.5. The standard InChI is InChI=1S/C11H23NO2S/c1-10(2,15-5)8-12-9-6-13-11(3,4)14-7-9/h9,12H,6-8H2,1-5H3. The minimum absolute atomic E-state index is 0.271. The highest BCUT2D eigenvalue weighted by Gasteiger charge is 2.29. The summed E-state index contributed by atoms with van der Waals surface area (Å²) in [5, 5.41) is 3.48. The van der Waals surface area contributed by atoms with Crippen molar-refractivity contribution >= 4 is 11.8 Å². The lowest BCUT2D eigenvalue weighted by atomic mass is 10.2. The van der Waals surface area contributed by atoms with E-state index in [0.717, 1.165) is 19.8 Å². The average molecular weight is 233 g/mol. The molecule has 3 nitrogen and oxygen atoms in total. The van der Waals surface area contributed by atoms with Gasteiger partial charge < -0.3 is 14.8 Å². The van der Waals surface area contributed by atoms with E-state index in [1.165, 1.54) is 0 Å². The van der Waals surface area contributed by atoms with Crippen LogP contribution in [0.25, 0.3) is 0 Å². The van der Waals surface area contributed by atoms with Gasteiger partial charge >= 0.3 is 0 Å². The Balaban J connectivity index is 2.25. The van der Waals surface area contributed by atoms with Crippen LogP contribution in [-0.4, -0.2) is 42.6 Å².